The fourth-order valence-corrected chi connectivity index (χ4v) is 0.995. The molecule has 70 valence electrons. The van der Waals surface area contributed by atoms with Crippen molar-refractivity contribution in [1.82, 2.24) is 9.97 Å². The fourth-order valence-electron chi connectivity index (χ4n) is 0.995. The normalized spacial score (nSPS) is 9.71. The number of aromatic nitrogens is 2. The highest BCUT2D eigenvalue weighted by atomic mass is 16.5. The maximum Gasteiger partial charge on any atom is 0.266 e. The zero-order valence-corrected chi connectivity index (χ0v) is 7.31. The summed E-state index contributed by atoms with van der Waals surface area (Å²) in [5, 5.41) is 0. The summed E-state index contributed by atoms with van der Waals surface area (Å²) in [6.45, 7) is 0. The molecule has 4 nitrogen and oxygen atoms in total. The third kappa shape index (κ3) is 1.98. The SMILES string of the molecule is O=c1cnc(Oc2ccccc2)c[nH]1. The minimum absolute atomic E-state index is 0.245. The van der Waals surface area contributed by atoms with Gasteiger partial charge < -0.3 is 9.72 Å². The molecule has 14 heavy (non-hydrogen) atoms. The molecule has 0 bridgehead atoms. The molecule has 0 saturated carbocycles. The Bertz CT molecular complexity index is 445. The first-order chi connectivity index (χ1) is 6.84. The lowest BCUT2D eigenvalue weighted by molar-refractivity contribution is 0.459. The zero-order chi connectivity index (χ0) is 9.80. The molecule has 2 rings (SSSR count). The second-order valence-corrected chi connectivity index (χ2v) is 2.66. The number of hydrogen-bond donors (Lipinski definition) is 1. The highest BCUT2D eigenvalue weighted by Crippen LogP contribution is 2.15. The first-order valence-electron chi connectivity index (χ1n) is 4.12. The summed E-state index contributed by atoms with van der Waals surface area (Å²) < 4.78 is 5.35. The zero-order valence-electron chi connectivity index (χ0n) is 7.31. The number of para-hydroxylation sites is 1. The third-order valence-electron chi connectivity index (χ3n) is 1.61. The summed E-state index contributed by atoms with van der Waals surface area (Å²) in [4.78, 5) is 17.0. The second-order valence-electron chi connectivity index (χ2n) is 2.66. The van der Waals surface area contributed by atoms with E-state index in [4.69, 9.17) is 4.74 Å². The van der Waals surface area contributed by atoms with E-state index in [9.17, 15) is 4.79 Å². The molecular formula is C10H8N2O2. The van der Waals surface area contributed by atoms with E-state index in [1.807, 2.05) is 30.3 Å². The molecule has 0 unspecified atom stereocenters. The Labute approximate surface area is 80.2 Å². The third-order valence-corrected chi connectivity index (χ3v) is 1.61. The van der Waals surface area contributed by atoms with Crippen molar-refractivity contribution in [2.45, 2.75) is 0 Å². The van der Waals surface area contributed by atoms with Gasteiger partial charge in [0.05, 0.1) is 12.4 Å². The largest absolute Gasteiger partial charge is 0.438 e. The first-order valence-corrected chi connectivity index (χ1v) is 4.12. The van der Waals surface area contributed by atoms with E-state index in [0.29, 0.717) is 11.6 Å². The number of ether oxygens (including phenoxy) is 1. The molecule has 0 aliphatic carbocycles. The van der Waals surface area contributed by atoms with E-state index in [1.165, 1.54) is 12.4 Å². The van der Waals surface area contributed by atoms with Crippen LogP contribution in [0.2, 0.25) is 0 Å². The van der Waals surface area contributed by atoms with E-state index < -0.39 is 0 Å². The van der Waals surface area contributed by atoms with Gasteiger partial charge in [0.25, 0.3) is 5.56 Å². The number of nitrogens with one attached hydrogen (secondary N) is 1. The van der Waals surface area contributed by atoms with Crippen LogP contribution in [0.4, 0.5) is 0 Å². The van der Waals surface area contributed by atoms with Gasteiger partial charge in [-0.15, -0.1) is 0 Å². The molecule has 0 radical (unpaired) electrons. The molecule has 0 aliphatic heterocycles. The van der Waals surface area contributed by atoms with Crippen LogP contribution >= 0.6 is 0 Å². The van der Waals surface area contributed by atoms with E-state index in [1.54, 1.807) is 0 Å². The van der Waals surface area contributed by atoms with E-state index >= 15 is 0 Å². The van der Waals surface area contributed by atoms with Gasteiger partial charge >= 0.3 is 0 Å². The van der Waals surface area contributed by atoms with Crippen LogP contribution in [-0.2, 0) is 0 Å². The van der Waals surface area contributed by atoms with Gasteiger partial charge in [0, 0.05) is 0 Å². The minimum Gasteiger partial charge on any atom is -0.438 e. The number of nitrogens with zero attached hydrogens (tertiary/aromatic N) is 1. The van der Waals surface area contributed by atoms with Gasteiger partial charge in [-0.05, 0) is 12.1 Å². The van der Waals surface area contributed by atoms with E-state index in [-0.39, 0.29) is 5.56 Å². The van der Waals surface area contributed by atoms with Crippen LogP contribution in [0.15, 0.2) is 47.5 Å². The Morgan fingerprint density at radius 3 is 2.64 bits per heavy atom. The topological polar surface area (TPSA) is 55.0 Å². The average molecular weight is 188 g/mol. The monoisotopic (exact) mass is 188 g/mol. The van der Waals surface area contributed by atoms with E-state index in [2.05, 4.69) is 9.97 Å². The lowest BCUT2D eigenvalue weighted by atomic mass is 10.3. The van der Waals surface area contributed by atoms with Crippen LogP contribution in [0.3, 0.4) is 0 Å². The highest BCUT2D eigenvalue weighted by Gasteiger charge is 1.96. The molecule has 1 heterocycles. The summed E-state index contributed by atoms with van der Waals surface area (Å²) in [5.74, 6) is 1.06. The lowest BCUT2D eigenvalue weighted by Gasteiger charge is -2.02. The first kappa shape index (κ1) is 8.50. The number of H-pyrrole nitrogens is 1. The van der Waals surface area contributed by atoms with Crippen molar-refractivity contribution in [2.75, 3.05) is 0 Å². The predicted octanol–water partition coefficient (Wildman–Crippen LogP) is 1.56. The van der Waals surface area contributed by atoms with Crippen LogP contribution in [0, 0.1) is 0 Å². The van der Waals surface area contributed by atoms with Gasteiger partial charge in [-0.25, -0.2) is 4.98 Å². The van der Waals surface area contributed by atoms with Gasteiger partial charge in [-0.1, -0.05) is 18.2 Å². The molecule has 0 aliphatic rings. The lowest BCUT2D eigenvalue weighted by Crippen LogP contribution is -2.04. The number of benzene rings is 1. The molecule has 1 aromatic heterocycles. The molecular weight excluding hydrogens is 180 g/mol. The Morgan fingerprint density at radius 2 is 2.00 bits per heavy atom. The van der Waals surface area contributed by atoms with Crippen molar-refractivity contribution in [3.05, 3.63) is 53.1 Å². The summed E-state index contributed by atoms with van der Waals surface area (Å²) in [6, 6.07) is 9.24. The van der Waals surface area contributed by atoms with Crippen molar-refractivity contribution in [3.8, 4) is 11.6 Å². The van der Waals surface area contributed by atoms with Crippen LogP contribution < -0.4 is 10.3 Å². The Hall–Kier alpha value is -2.10. The number of rotatable bonds is 2. The van der Waals surface area contributed by atoms with Crippen molar-refractivity contribution in [1.29, 1.82) is 0 Å². The van der Waals surface area contributed by atoms with Gasteiger partial charge in [0.15, 0.2) is 0 Å². The molecule has 0 amide bonds. The minimum atomic E-state index is -0.245. The van der Waals surface area contributed by atoms with Crippen molar-refractivity contribution in [2.24, 2.45) is 0 Å². The predicted molar refractivity (Wildman–Crippen MR) is 51.4 cm³/mol. The summed E-state index contributed by atoms with van der Waals surface area (Å²) in [5.41, 5.74) is -0.245. The van der Waals surface area contributed by atoms with Crippen LogP contribution in [-0.4, -0.2) is 9.97 Å². The highest BCUT2D eigenvalue weighted by molar-refractivity contribution is 5.25. The molecule has 0 spiro atoms. The van der Waals surface area contributed by atoms with Crippen LogP contribution in [0.25, 0.3) is 0 Å². The van der Waals surface area contributed by atoms with Crippen molar-refractivity contribution >= 4 is 0 Å². The Balaban J connectivity index is 2.19. The number of hydrogen-bond acceptors (Lipinski definition) is 3. The maximum absolute atomic E-state index is 10.7. The van der Waals surface area contributed by atoms with E-state index in [0.717, 1.165) is 0 Å². The fraction of sp³-hybridized carbons (Fsp3) is 0. The number of aromatic amines is 1. The summed E-state index contributed by atoms with van der Waals surface area (Å²) >= 11 is 0. The van der Waals surface area contributed by atoms with Crippen LogP contribution in [0.1, 0.15) is 0 Å². The van der Waals surface area contributed by atoms with Gasteiger partial charge in [-0.2, -0.15) is 0 Å². The van der Waals surface area contributed by atoms with Crippen molar-refractivity contribution < 1.29 is 4.74 Å². The molecule has 0 saturated heterocycles. The molecule has 2 aromatic rings. The Morgan fingerprint density at radius 1 is 1.21 bits per heavy atom. The standard InChI is InChI=1S/C10H8N2O2/c13-9-6-12-10(7-11-9)14-8-4-2-1-3-5-8/h1-7H,(H,11,13). The second kappa shape index (κ2) is 3.74. The summed E-state index contributed by atoms with van der Waals surface area (Å²) in [7, 11) is 0. The average Bonchev–Trinajstić information content (AvgIpc) is 2.23. The van der Waals surface area contributed by atoms with Crippen LogP contribution in [0.5, 0.6) is 11.6 Å². The molecule has 4 heteroatoms. The summed E-state index contributed by atoms with van der Waals surface area (Å²) in [6.07, 6.45) is 2.60. The van der Waals surface area contributed by atoms with Gasteiger partial charge in [0.2, 0.25) is 5.88 Å². The maximum atomic E-state index is 10.7. The van der Waals surface area contributed by atoms with Gasteiger partial charge in [0.1, 0.15) is 5.75 Å². The van der Waals surface area contributed by atoms with Crippen molar-refractivity contribution in [3.63, 3.8) is 0 Å². The molecule has 0 fully saturated rings. The Kier molecular flexibility index (Phi) is 2.27. The quantitative estimate of drug-likeness (QED) is 0.778. The smallest absolute Gasteiger partial charge is 0.266 e. The molecule has 1 aromatic carbocycles. The molecule has 0 atom stereocenters. The molecule has 1 N–H and O–H groups in total. The van der Waals surface area contributed by atoms with Gasteiger partial charge in [-0.3, -0.25) is 4.79 Å².